The Balaban J connectivity index is 2.13. The number of hydrogen-bond donors (Lipinski definition) is 3. The van der Waals surface area contributed by atoms with Crippen LogP contribution >= 0.6 is 11.6 Å². The van der Waals surface area contributed by atoms with Gasteiger partial charge in [-0.3, -0.25) is 0 Å². The maximum Gasteiger partial charge on any atom is 0.244 e. The van der Waals surface area contributed by atoms with Gasteiger partial charge in [0.2, 0.25) is 10.0 Å². The van der Waals surface area contributed by atoms with Crippen molar-refractivity contribution >= 4 is 21.6 Å². The predicted molar refractivity (Wildman–Crippen MR) is 120 cm³/mol. The van der Waals surface area contributed by atoms with Crippen molar-refractivity contribution in [2.45, 2.75) is 50.7 Å². The van der Waals surface area contributed by atoms with Crippen molar-refractivity contribution in [1.29, 1.82) is 0 Å². The predicted octanol–water partition coefficient (Wildman–Crippen LogP) is 3.49. The highest BCUT2D eigenvalue weighted by atomic mass is 35.5. The molecule has 1 aromatic heterocycles. The zero-order valence-corrected chi connectivity index (χ0v) is 20.3. The van der Waals surface area contributed by atoms with E-state index in [0.717, 1.165) is 5.56 Å². The van der Waals surface area contributed by atoms with Crippen molar-refractivity contribution in [2.75, 3.05) is 7.11 Å². The van der Waals surface area contributed by atoms with Crippen LogP contribution in [0.15, 0.2) is 29.2 Å². The van der Waals surface area contributed by atoms with E-state index in [2.05, 4.69) is 25.3 Å². The summed E-state index contributed by atoms with van der Waals surface area (Å²) in [6.07, 6.45) is -1.08. The summed E-state index contributed by atoms with van der Waals surface area (Å²) in [6, 6.07) is 4.56. The third kappa shape index (κ3) is 4.86. The minimum atomic E-state index is -4.28. The van der Waals surface area contributed by atoms with Crippen LogP contribution in [0.1, 0.15) is 60.0 Å². The number of nitrogens with zero attached hydrogens (tertiary/aromatic N) is 3. The standard InChI is InChI=1S/C21H25ClFN5O4S/c1-10-6-8-15(23)17(11(10)2)12(3)19(21-24-27-28-25-21)26-33(30,31)16-9-7-14(22)18(13(4)29)20(16)32-5/h6-9,12-13,19,26,29H,1-5H3,(H,24,25,27,28)/t12-,13+,19+/m1/s1. The molecular formula is C21H25ClFN5O4S. The lowest BCUT2D eigenvalue weighted by molar-refractivity contribution is 0.193. The van der Waals surface area contributed by atoms with Gasteiger partial charge in [-0.1, -0.05) is 29.8 Å². The summed E-state index contributed by atoms with van der Waals surface area (Å²) in [5.41, 5.74) is 2.01. The maximum absolute atomic E-state index is 14.8. The molecule has 0 bridgehead atoms. The third-order valence-corrected chi connectivity index (χ3v) is 7.42. The van der Waals surface area contributed by atoms with Crippen LogP contribution in [-0.2, 0) is 10.0 Å². The van der Waals surface area contributed by atoms with Gasteiger partial charge in [0.05, 0.1) is 24.3 Å². The summed E-state index contributed by atoms with van der Waals surface area (Å²) in [5.74, 6) is -1.23. The van der Waals surface area contributed by atoms with E-state index in [1.165, 1.54) is 32.2 Å². The number of aliphatic hydroxyl groups is 1. The summed E-state index contributed by atoms with van der Waals surface area (Å²) in [7, 11) is -3.00. The molecule has 12 heteroatoms. The van der Waals surface area contributed by atoms with Gasteiger partial charge in [0.25, 0.3) is 0 Å². The first-order valence-electron chi connectivity index (χ1n) is 10.0. The molecule has 0 aliphatic rings. The van der Waals surface area contributed by atoms with Crippen LogP contribution in [-0.4, -0.2) is 41.3 Å². The maximum atomic E-state index is 14.8. The third-order valence-electron chi connectivity index (χ3n) is 5.63. The van der Waals surface area contributed by atoms with Gasteiger partial charge in [-0.05, 0) is 55.7 Å². The Hall–Kier alpha value is -2.60. The number of methoxy groups -OCH3 is 1. The highest BCUT2D eigenvalue weighted by Crippen LogP contribution is 2.39. The second-order valence-electron chi connectivity index (χ2n) is 7.73. The van der Waals surface area contributed by atoms with Crippen molar-refractivity contribution < 1.29 is 22.7 Å². The number of aryl methyl sites for hydroxylation is 1. The van der Waals surface area contributed by atoms with E-state index in [1.807, 2.05) is 6.92 Å². The van der Waals surface area contributed by atoms with Crippen LogP contribution < -0.4 is 9.46 Å². The highest BCUT2D eigenvalue weighted by Gasteiger charge is 2.34. The molecular weight excluding hydrogens is 473 g/mol. The minimum Gasteiger partial charge on any atom is -0.495 e. The fourth-order valence-electron chi connectivity index (χ4n) is 3.81. The van der Waals surface area contributed by atoms with Crippen molar-refractivity contribution in [3.05, 3.63) is 63.2 Å². The van der Waals surface area contributed by atoms with E-state index in [-0.39, 0.29) is 27.1 Å². The quantitative estimate of drug-likeness (QED) is 0.434. The topological polar surface area (TPSA) is 130 Å². The number of hydrogen-bond acceptors (Lipinski definition) is 7. The molecule has 0 saturated carbocycles. The number of aliphatic hydroxyl groups excluding tert-OH is 1. The van der Waals surface area contributed by atoms with Gasteiger partial charge in [-0.2, -0.15) is 9.94 Å². The van der Waals surface area contributed by atoms with Crippen molar-refractivity contribution in [3.8, 4) is 5.75 Å². The number of aromatic amines is 1. The largest absolute Gasteiger partial charge is 0.495 e. The average molecular weight is 498 g/mol. The molecule has 0 spiro atoms. The van der Waals surface area contributed by atoms with Crippen LogP contribution in [0.25, 0.3) is 0 Å². The lowest BCUT2D eigenvalue weighted by Gasteiger charge is -2.26. The molecule has 0 radical (unpaired) electrons. The number of benzene rings is 2. The Morgan fingerprint density at radius 2 is 1.88 bits per heavy atom. The SMILES string of the molecule is COc1c(S(=O)(=O)N[C@H](c2nn[nH]n2)[C@H](C)c2c(F)ccc(C)c2C)ccc(Cl)c1[C@H](C)O. The van der Waals surface area contributed by atoms with E-state index in [4.69, 9.17) is 16.3 Å². The number of tetrazole rings is 1. The van der Waals surface area contributed by atoms with E-state index in [1.54, 1.807) is 19.9 Å². The molecule has 3 aromatic rings. The molecule has 3 N–H and O–H groups in total. The van der Waals surface area contributed by atoms with Gasteiger partial charge in [0.15, 0.2) is 5.82 Å². The van der Waals surface area contributed by atoms with Crippen molar-refractivity contribution in [2.24, 2.45) is 0 Å². The number of ether oxygens (including phenoxy) is 1. The van der Waals surface area contributed by atoms with Crippen molar-refractivity contribution in [3.63, 3.8) is 0 Å². The van der Waals surface area contributed by atoms with Gasteiger partial charge in [0.1, 0.15) is 16.5 Å². The molecule has 0 unspecified atom stereocenters. The van der Waals surface area contributed by atoms with Crippen LogP contribution in [0, 0.1) is 19.7 Å². The Morgan fingerprint density at radius 1 is 1.18 bits per heavy atom. The molecule has 33 heavy (non-hydrogen) atoms. The van der Waals surface area contributed by atoms with Gasteiger partial charge < -0.3 is 9.84 Å². The summed E-state index contributed by atoms with van der Waals surface area (Å²) >= 11 is 6.16. The van der Waals surface area contributed by atoms with E-state index in [9.17, 15) is 17.9 Å². The first kappa shape index (κ1) is 25.0. The molecule has 3 rings (SSSR count). The van der Waals surface area contributed by atoms with Gasteiger partial charge in [0, 0.05) is 11.5 Å². The summed E-state index contributed by atoms with van der Waals surface area (Å²) < 4.78 is 49.7. The molecule has 178 valence electrons. The average Bonchev–Trinajstić information content (AvgIpc) is 3.28. The lowest BCUT2D eigenvalue weighted by Crippen LogP contribution is -2.33. The number of aromatic nitrogens is 4. The van der Waals surface area contributed by atoms with Gasteiger partial charge in [-0.15, -0.1) is 10.2 Å². The van der Waals surface area contributed by atoms with E-state index >= 15 is 0 Å². The van der Waals surface area contributed by atoms with Gasteiger partial charge in [-0.25, -0.2) is 12.8 Å². The summed E-state index contributed by atoms with van der Waals surface area (Å²) in [6.45, 7) is 6.73. The normalized spacial score (nSPS) is 14.7. The van der Waals surface area contributed by atoms with Crippen LogP contribution in [0.4, 0.5) is 4.39 Å². The number of sulfonamides is 1. The first-order chi connectivity index (χ1) is 15.5. The highest BCUT2D eigenvalue weighted by molar-refractivity contribution is 7.89. The Kier molecular flexibility index (Phi) is 7.37. The molecule has 1 heterocycles. The number of nitrogens with one attached hydrogen (secondary N) is 2. The summed E-state index contributed by atoms with van der Waals surface area (Å²) in [4.78, 5) is -0.243. The second-order valence-corrected chi connectivity index (χ2v) is 9.82. The van der Waals surface area contributed by atoms with Gasteiger partial charge >= 0.3 is 0 Å². The zero-order chi connectivity index (χ0) is 24.5. The van der Waals surface area contributed by atoms with Crippen molar-refractivity contribution in [1.82, 2.24) is 25.3 Å². The number of halogens is 2. The molecule has 9 nitrogen and oxygen atoms in total. The molecule has 0 aliphatic heterocycles. The Morgan fingerprint density at radius 3 is 2.45 bits per heavy atom. The van der Waals surface area contributed by atoms with Crippen LogP contribution in [0.2, 0.25) is 5.02 Å². The van der Waals surface area contributed by atoms with E-state index in [0.29, 0.717) is 11.1 Å². The smallest absolute Gasteiger partial charge is 0.244 e. The molecule has 0 aliphatic carbocycles. The lowest BCUT2D eigenvalue weighted by atomic mass is 9.88. The fourth-order valence-corrected chi connectivity index (χ4v) is 5.57. The number of H-pyrrole nitrogens is 1. The second kappa shape index (κ2) is 9.72. The molecule has 0 amide bonds. The first-order valence-corrected chi connectivity index (χ1v) is 11.9. The molecule has 3 atom stereocenters. The van der Waals surface area contributed by atoms with E-state index < -0.39 is 33.9 Å². The molecule has 0 saturated heterocycles. The number of rotatable bonds is 8. The fraction of sp³-hybridized carbons (Fsp3) is 0.381. The Bertz CT molecular complexity index is 1250. The minimum absolute atomic E-state index is 0.0371. The van der Waals surface area contributed by atoms with Crippen LogP contribution in [0.5, 0.6) is 5.75 Å². The monoisotopic (exact) mass is 497 g/mol. The summed E-state index contributed by atoms with van der Waals surface area (Å²) in [5, 5.41) is 24.0. The Labute approximate surface area is 196 Å². The molecule has 2 aromatic carbocycles. The molecule has 0 fully saturated rings. The van der Waals surface area contributed by atoms with Crippen LogP contribution in [0.3, 0.4) is 0 Å². The zero-order valence-electron chi connectivity index (χ0n) is 18.7.